The summed E-state index contributed by atoms with van der Waals surface area (Å²) in [5.74, 6) is 1.79. The molecule has 0 amide bonds. The number of para-hydroxylation sites is 1. The van der Waals surface area contributed by atoms with Gasteiger partial charge in [-0.2, -0.15) is 5.10 Å². The van der Waals surface area contributed by atoms with Gasteiger partial charge in [0.1, 0.15) is 17.3 Å². The van der Waals surface area contributed by atoms with Crippen LogP contribution in [0.4, 0.5) is 17.3 Å². The van der Waals surface area contributed by atoms with Crippen LogP contribution in [0.5, 0.6) is 5.75 Å². The maximum absolute atomic E-state index is 10.2. The van der Waals surface area contributed by atoms with Crippen LogP contribution in [0.15, 0.2) is 36.7 Å². The number of nitrogens with zero attached hydrogens (tertiary/aromatic N) is 5. The number of nitrogen functional groups attached to an aromatic ring is 2. The zero-order valence-electron chi connectivity index (χ0n) is 19.8. The van der Waals surface area contributed by atoms with E-state index < -0.39 is 0 Å². The topological polar surface area (TPSA) is 157 Å². The Morgan fingerprint density at radius 1 is 1.03 bits per heavy atom. The summed E-state index contributed by atoms with van der Waals surface area (Å²) in [7, 11) is 0. The Hall–Kier alpha value is -3.79. The molecule has 35 heavy (non-hydrogen) atoms. The number of nitrogens with two attached hydrogens (primary N) is 3. The Labute approximate surface area is 204 Å². The molecule has 10 nitrogen and oxygen atoms in total. The molecule has 4 heterocycles. The van der Waals surface area contributed by atoms with Gasteiger partial charge < -0.3 is 32.5 Å². The second-order valence-corrected chi connectivity index (χ2v) is 9.29. The van der Waals surface area contributed by atoms with Crippen molar-refractivity contribution >= 4 is 29.1 Å². The predicted molar refractivity (Wildman–Crippen MR) is 139 cm³/mol. The zero-order chi connectivity index (χ0) is 24.4. The van der Waals surface area contributed by atoms with Crippen molar-refractivity contribution in [1.29, 1.82) is 0 Å². The van der Waals surface area contributed by atoms with E-state index in [-0.39, 0.29) is 17.6 Å². The highest BCUT2D eigenvalue weighted by Gasteiger charge is 2.26. The van der Waals surface area contributed by atoms with Gasteiger partial charge in [0.15, 0.2) is 5.82 Å². The summed E-state index contributed by atoms with van der Waals surface area (Å²) in [6.45, 7) is 3.73. The monoisotopic (exact) mass is 475 g/mol. The first-order valence-corrected chi connectivity index (χ1v) is 12.2. The van der Waals surface area contributed by atoms with Crippen LogP contribution in [0.25, 0.3) is 11.8 Å². The SMILES string of the molecule is N/C(=C\c1c(N)c(N)nn1C1CCN(c2cnc(C3CCNCC3)cn2)CC1)c1ccccc1O. The zero-order valence-corrected chi connectivity index (χ0v) is 19.8. The Balaban J connectivity index is 1.29. The van der Waals surface area contributed by atoms with Gasteiger partial charge in [0.25, 0.3) is 0 Å². The van der Waals surface area contributed by atoms with Crippen LogP contribution in [0.1, 0.15) is 54.6 Å². The number of piperidine rings is 2. The third-order valence-corrected chi connectivity index (χ3v) is 7.07. The van der Waals surface area contributed by atoms with Gasteiger partial charge in [-0.15, -0.1) is 0 Å². The molecule has 0 atom stereocenters. The van der Waals surface area contributed by atoms with Crippen molar-refractivity contribution in [2.75, 3.05) is 42.5 Å². The molecule has 2 saturated heterocycles. The van der Waals surface area contributed by atoms with E-state index in [1.54, 1.807) is 24.3 Å². The van der Waals surface area contributed by atoms with Crippen molar-refractivity contribution in [3.05, 3.63) is 53.6 Å². The maximum atomic E-state index is 10.2. The first kappa shape index (κ1) is 23.0. The molecule has 2 aliphatic heterocycles. The number of phenols is 1. The number of benzene rings is 1. The lowest BCUT2D eigenvalue weighted by molar-refractivity contribution is 0.365. The maximum Gasteiger partial charge on any atom is 0.169 e. The van der Waals surface area contributed by atoms with Crippen LogP contribution in [0.2, 0.25) is 0 Å². The standard InChI is InChI=1S/C25H33N9O/c26-19(18-3-1-2-4-22(18)35)13-21-24(27)25(28)32-34(21)17-7-11-33(12-8-17)23-15-30-20(14-31-23)16-5-9-29-10-6-16/h1-4,13-17,29,35H,5-12,26-27H2,(H2,28,32)/b19-13-. The minimum absolute atomic E-state index is 0.111. The average molecular weight is 476 g/mol. The summed E-state index contributed by atoms with van der Waals surface area (Å²) in [5.41, 5.74) is 21.7. The Bertz CT molecular complexity index is 1190. The van der Waals surface area contributed by atoms with E-state index in [2.05, 4.69) is 15.3 Å². The molecule has 2 fully saturated rings. The molecule has 0 spiro atoms. The van der Waals surface area contributed by atoms with Gasteiger partial charge >= 0.3 is 0 Å². The molecule has 1 aromatic carbocycles. The van der Waals surface area contributed by atoms with E-state index in [0.29, 0.717) is 28.6 Å². The molecular weight excluding hydrogens is 442 g/mol. The van der Waals surface area contributed by atoms with Gasteiger partial charge in [0.05, 0.1) is 29.8 Å². The fourth-order valence-corrected chi connectivity index (χ4v) is 5.01. The molecule has 184 valence electrons. The second-order valence-electron chi connectivity index (χ2n) is 9.29. The van der Waals surface area contributed by atoms with Gasteiger partial charge in [-0.1, -0.05) is 12.1 Å². The normalized spacial score (nSPS) is 18.2. The Morgan fingerprint density at radius 2 is 1.77 bits per heavy atom. The predicted octanol–water partition coefficient (Wildman–Crippen LogP) is 2.31. The molecule has 0 radical (unpaired) electrons. The highest BCUT2D eigenvalue weighted by molar-refractivity contribution is 5.86. The van der Waals surface area contributed by atoms with Crippen LogP contribution in [-0.4, -0.2) is 51.0 Å². The van der Waals surface area contributed by atoms with Crippen molar-refractivity contribution in [3.8, 4) is 5.75 Å². The van der Waals surface area contributed by atoms with Crippen molar-refractivity contribution in [2.24, 2.45) is 5.73 Å². The fourth-order valence-electron chi connectivity index (χ4n) is 5.01. The second kappa shape index (κ2) is 9.83. The fraction of sp³-hybridized carbons (Fsp3) is 0.400. The molecule has 8 N–H and O–H groups in total. The third-order valence-electron chi connectivity index (χ3n) is 7.07. The average Bonchev–Trinajstić information content (AvgIpc) is 3.18. The van der Waals surface area contributed by atoms with E-state index >= 15 is 0 Å². The number of aromatic nitrogens is 4. The van der Waals surface area contributed by atoms with E-state index in [1.165, 1.54) is 0 Å². The number of rotatable bonds is 5. The van der Waals surface area contributed by atoms with Crippen LogP contribution in [0, 0.1) is 0 Å². The first-order valence-electron chi connectivity index (χ1n) is 12.2. The lowest BCUT2D eigenvalue weighted by Gasteiger charge is -2.33. The highest BCUT2D eigenvalue weighted by Crippen LogP contribution is 2.33. The molecule has 0 bridgehead atoms. The molecule has 2 aromatic heterocycles. The molecule has 0 saturated carbocycles. The van der Waals surface area contributed by atoms with Crippen molar-refractivity contribution in [2.45, 2.75) is 37.6 Å². The van der Waals surface area contributed by atoms with Gasteiger partial charge in [0.2, 0.25) is 0 Å². The van der Waals surface area contributed by atoms with Gasteiger partial charge in [-0.3, -0.25) is 9.67 Å². The van der Waals surface area contributed by atoms with E-state index in [9.17, 15) is 5.11 Å². The summed E-state index contributed by atoms with van der Waals surface area (Å²) >= 11 is 0. The minimum Gasteiger partial charge on any atom is -0.507 e. The Kier molecular flexibility index (Phi) is 6.45. The van der Waals surface area contributed by atoms with Gasteiger partial charge in [-0.05, 0) is 57.0 Å². The quantitative estimate of drug-likeness (QED) is 0.373. The van der Waals surface area contributed by atoms with Crippen LogP contribution < -0.4 is 27.4 Å². The summed E-state index contributed by atoms with van der Waals surface area (Å²) in [4.78, 5) is 11.7. The number of hydrogen-bond acceptors (Lipinski definition) is 9. The lowest BCUT2D eigenvalue weighted by atomic mass is 9.95. The van der Waals surface area contributed by atoms with E-state index in [4.69, 9.17) is 27.2 Å². The van der Waals surface area contributed by atoms with E-state index in [1.807, 2.05) is 23.1 Å². The number of anilines is 3. The van der Waals surface area contributed by atoms with Gasteiger partial charge in [-0.25, -0.2) is 4.98 Å². The smallest absolute Gasteiger partial charge is 0.169 e. The van der Waals surface area contributed by atoms with E-state index in [0.717, 1.165) is 63.4 Å². The summed E-state index contributed by atoms with van der Waals surface area (Å²) in [6, 6.07) is 7.06. The van der Waals surface area contributed by atoms with Crippen molar-refractivity contribution in [1.82, 2.24) is 25.1 Å². The molecule has 0 aliphatic carbocycles. The number of aromatic hydroxyl groups is 1. The molecule has 5 rings (SSSR count). The third kappa shape index (κ3) is 4.74. The summed E-state index contributed by atoms with van der Waals surface area (Å²) in [6.07, 6.45) is 9.53. The van der Waals surface area contributed by atoms with Crippen LogP contribution in [0.3, 0.4) is 0 Å². The Morgan fingerprint density at radius 3 is 2.46 bits per heavy atom. The number of phenolic OH excluding ortho intramolecular Hbond substituents is 1. The molecular formula is C25H33N9O. The lowest BCUT2D eigenvalue weighted by Crippen LogP contribution is -2.36. The van der Waals surface area contributed by atoms with Crippen LogP contribution >= 0.6 is 0 Å². The van der Waals surface area contributed by atoms with Crippen molar-refractivity contribution in [3.63, 3.8) is 0 Å². The summed E-state index contributed by atoms with van der Waals surface area (Å²) in [5, 5.41) is 18.1. The number of nitrogens with one attached hydrogen (secondary N) is 1. The van der Waals surface area contributed by atoms with Crippen molar-refractivity contribution < 1.29 is 5.11 Å². The molecule has 0 unspecified atom stereocenters. The van der Waals surface area contributed by atoms with Crippen LogP contribution in [-0.2, 0) is 0 Å². The number of hydrogen-bond donors (Lipinski definition) is 5. The summed E-state index contributed by atoms with van der Waals surface area (Å²) < 4.78 is 1.88. The molecule has 10 heteroatoms. The first-order chi connectivity index (χ1) is 17.0. The highest BCUT2D eigenvalue weighted by atomic mass is 16.3. The largest absolute Gasteiger partial charge is 0.507 e. The minimum atomic E-state index is 0.111. The molecule has 2 aliphatic rings. The van der Waals surface area contributed by atoms with Gasteiger partial charge in [0, 0.05) is 30.3 Å². The molecule has 3 aromatic rings.